The number of anilines is 1. The maximum atomic E-state index is 12.1. The highest BCUT2D eigenvalue weighted by Crippen LogP contribution is 2.34. The summed E-state index contributed by atoms with van der Waals surface area (Å²) in [5.74, 6) is 0.0904. The van der Waals surface area contributed by atoms with Crippen molar-refractivity contribution in [2.24, 2.45) is 5.92 Å². The van der Waals surface area contributed by atoms with E-state index in [-0.39, 0.29) is 24.5 Å². The minimum absolute atomic E-state index is 0.150. The van der Waals surface area contributed by atoms with E-state index in [1.165, 1.54) is 7.11 Å². The molecule has 0 aliphatic heterocycles. The van der Waals surface area contributed by atoms with Gasteiger partial charge in [-0.2, -0.15) is 0 Å². The van der Waals surface area contributed by atoms with Crippen LogP contribution in [0.2, 0.25) is 0 Å². The molecule has 5 heteroatoms. The molecule has 0 radical (unpaired) electrons. The first-order chi connectivity index (χ1) is 9.99. The summed E-state index contributed by atoms with van der Waals surface area (Å²) >= 11 is 0. The number of amides is 2. The Morgan fingerprint density at radius 1 is 1.33 bits per heavy atom. The number of esters is 1. The molecule has 1 unspecified atom stereocenters. The minimum Gasteiger partial charge on any atom is -0.469 e. The van der Waals surface area contributed by atoms with Crippen molar-refractivity contribution in [1.82, 2.24) is 5.32 Å². The van der Waals surface area contributed by atoms with Crippen molar-refractivity contribution < 1.29 is 14.3 Å². The molecule has 0 saturated heterocycles. The third kappa shape index (κ3) is 4.48. The Morgan fingerprint density at radius 3 is 2.62 bits per heavy atom. The van der Waals surface area contributed by atoms with Gasteiger partial charge in [0.25, 0.3) is 0 Å². The summed E-state index contributed by atoms with van der Waals surface area (Å²) in [6.45, 7) is 3.96. The number of hydrogen-bond donors (Lipinski definition) is 2. The predicted octanol–water partition coefficient (Wildman–Crippen LogP) is 2.77. The number of hydrogen-bond acceptors (Lipinski definition) is 3. The summed E-state index contributed by atoms with van der Waals surface area (Å²) in [6.07, 6.45) is 2.32. The molecular weight excluding hydrogens is 268 g/mol. The van der Waals surface area contributed by atoms with Crippen LogP contribution >= 0.6 is 0 Å². The van der Waals surface area contributed by atoms with Gasteiger partial charge in [-0.1, -0.05) is 17.7 Å². The van der Waals surface area contributed by atoms with Crippen LogP contribution in [0.15, 0.2) is 18.2 Å². The molecule has 2 N–H and O–H groups in total. The van der Waals surface area contributed by atoms with Gasteiger partial charge in [-0.3, -0.25) is 4.79 Å². The van der Waals surface area contributed by atoms with Crippen LogP contribution < -0.4 is 10.6 Å². The first-order valence-electron chi connectivity index (χ1n) is 7.21. The first-order valence-corrected chi connectivity index (χ1v) is 7.21. The SMILES string of the molecule is COC(=O)CC(NC(=O)Nc1ccc(C)cc1C)C1CC1. The summed E-state index contributed by atoms with van der Waals surface area (Å²) in [7, 11) is 1.36. The quantitative estimate of drug-likeness (QED) is 0.819. The Labute approximate surface area is 125 Å². The van der Waals surface area contributed by atoms with Crippen molar-refractivity contribution >= 4 is 17.7 Å². The van der Waals surface area contributed by atoms with Crippen molar-refractivity contribution in [3.63, 3.8) is 0 Å². The Balaban J connectivity index is 1.94. The molecule has 1 atom stereocenters. The van der Waals surface area contributed by atoms with Crippen LogP contribution in [0.5, 0.6) is 0 Å². The molecular formula is C16H22N2O3. The van der Waals surface area contributed by atoms with Gasteiger partial charge in [0.15, 0.2) is 0 Å². The monoisotopic (exact) mass is 290 g/mol. The van der Waals surface area contributed by atoms with Gasteiger partial charge in [-0.25, -0.2) is 4.79 Å². The molecule has 1 aliphatic rings. The second-order valence-electron chi connectivity index (χ2n) is 5.64. The van der Waals surface area contributed by atoms with Gasteiger partial charge < -0.3 is 15.4 Å². The average Bonchev–Trinajstić information content (AvgIpc) is 3.25. The van der Waals surface area contributed by atoms with Gasteiger partial charge in [0.2, 0.25) is 0 Å². The van der Waals surface area contributed by atoms with Gasteiger partial charge >= 0.3 is 12.0 Å². The molecule has 2 rings (SSSR count). The second-order valence-corrected chi connectivity index (χ2v) is 5.64. The van der Waals surface area contributed by atoms with Crippen molar-refractivity contribution in [1.29, 1.82) is 0 Å². The van der Waals surface area contributed by atoms with Crippen molar-refractivity contribution in [3.05, 3.63) is 29.3 Å². The fraction of sp³-hybridized carbons (Fsp3) is 0.500. The van der Waals surface area contributed by atoms with Crippen LogP contribution in [0.3, 0.4) is 0 Å². The van der Waals surface area contributed by atoms with Crippen LogP contribution in [-0.2, 0) is 9.53 Å². The van der Waals surface area contributed by atoms with E-state index in [2.05, 4.69) is 15.4 Å². The molecule has 2 amide bonds. The third-order valence-electron chi connectivity index (χ3n) is 3.75. The second kappa shape index (κ2) is 6.61. The standard InChI is InChI=1S/C16H22N2O3/c1-10-4-7-13(11(2)8-10)17-16(20)18-14(12-5-6-12)9-15(19)21-3/h4,7-8,12,14H,5-6,9H2,1-3H3,(H2,17,18,20). The van der Waals surface area contributed by atoms with Crippen LogP contribution in [0.4, 0.5) is 10.5 Å². The number of carbonyl (C=O) groups is 2. The molecule has 1 fully saturated rings. The molecule has 1 aromatic carbocycles. The van der Waals surface area contributed by atoms with Crippen molar-refractivity contribution in [2.45, 2.75) is 39.2 Å². The Morgan fingerprint density at radius 2 is 2.05 bits per heavy atom. The van der Waals surface area contributed by atoms with E-state index >= 15 is 0 Å². The highest BCUT2D eigenvalue weighted by molar-refractivity contribution is 5.90. The molecule has 1 aliphatic carbocycles. The normalized spacial score (nSPS) is 15.2. The summed E-state index contributed by atoms with van der Waals surface area (Å²) in [5, 5.41) is 5.72. The molecule has 21 heavy (non-hydrogen) atoms. The lowest BCUT2D eigenvalue weighted by Crippen LogP contribution is -2.41. The van der Waals surface area contributed by atoms with E-state index in [4.69, 9.17) is 0 Å². The Kier molecular flexibility index (Phi) is 4.83. The van der Waals surface area contributed by atoms with E-state index in [1.807, 2.05) is 32.0 Å². The average molecular weight is 290 g/mol. The lowest BCUT2D eigenvalue weighted by atomic mass is 10.1. The third-order valence-corrected chi connectivity index (χ3v) is 3.75. The number of carbonyl (C=O) groups excluding carboxylic acids is 2. The van der Waals surface area contributed by atoms with Crippen LogP contribution in [0.1, 0.15) is 30.4 Å². The fourth-order valence-corrected chi connectivity index (χ4v) is 2.38. The van der Waals surface area contributed by atoms with Gasteiger partial charge in [-0.05, 0) is 44.2 Å². The largest absolute Gasteiger partial charge is 0.469 e. The highest BCUT2D eigenvalue weighted by atomic mass is 16.5. The van der Waals surface area contributed by atoms with Gasteiger partial charge in [0, 0.05) is 11.7 Å². The lowest BCUT2D eigenvalue weighted by Gasteiger charge is -2.18. The predicted molar refractivity (Wildman–Crippen MR) is 81.2 cm³/mol. The van der Waals surface area contributed by atoms with Gasteiger partial charge in [0.05, 0.1) is 13.5 Å². The zero-order valence-electron chi connectivity index (χ0n) is 12.7. The molecule has 1 aromatic rings. The fourth-order valence-electron chi connectivity index (χ4n) is 2.38. The number of urea groups is 1. The zero-order chi connectivity index (χ0) is 15.4. The van der Waals surface area contributed by atoms with Gasteiger partial charge in [-0.15, -0.1) is 0 Å². The smallest absolute Gasteiger partial charge is 0.319 e. The first kappa shape index (κ1) is 15.4. The van der Waals surface area contributed by atoms with Crippen molar-refractivity contribution in [2.75, 3.05) is 12.4 Å². The van der Waals surface area contributed by atoms with Crippen molar-refractivity contribution in [3.8, 4) is 0 Å². The lowest BCUT2D eigenvalue weighted by molar-refractivity contribution is -0.141. The molecule has 0 aromatic heterocycles. The summed E-state index contributed by atoms with van der Waals surface area (Å²) in [5.41, 5.74) is 2.95. The molecule has 1 saturated carbocycles. The highest BCUT2D eigenvalue weighted by Gasteiger charge is 2.34. The zero-order valence-corrected chi connectivity index (χ0v) is 12.7. The molecule has 114 valence electrons. The molecule has 5 nitrogen and oxygen atoms in total. The number of nitrogens with one attached hydrogen (secondary N) is 2. The van der Waals surface area contributed by atoms with E-state index in [9.17, 15) is 9.59 Å². The summed E-state index contributed by atoms with van der Waals surface area (Å²) < 4.78 is 4.68. The van der Waals surface area contributed by atoms with Crippen LogP contribution in [0, 0.1) is 19.8 Å². The number of aryl methyl sites for hydroxylation is 2. The van der Waals surface area contributed by atoms with E-state index in [0.29, 0.717) is 5.92 Å². The molecule has 0 spiro atoms. The van der Waals surface area contributed by atoms with Crippen LogP contribution in [0.25, 0.3) is 0 Å². The summed E-state index contributed by atoms with van der Waals surface area (Å²) in [6, 6.07) is 5.43. The molecule has 0 bridgehead atoms. The van der Waals surface area contributed by atoms with E-state index < -0.39 is 0 Å². The maximum absolute atomic E-state index is 12.1. The number of methoxy groups -OCH3 is 1. The topological polar surface area (TPSA) is 67.4 Å². The van der Waals surface area contributed by atoms with Crippen LogP contribution in [-0.4, -0.2) is 25.2 Å². The Hall–Kier alpha value is -2.04. The van der Waals surface area contributed by atoms with Gasteiger partial charge in [0.1, 0.15) is 0 Å². The maximum Gasteiger partial charge on any atom is 0.319 e. The number of benzene rings is 1. The Bertz CT molecular complexity index is 538. The minimum atomic E-state index is -0.293. The molecule has 0 heterocycles. The van der Waals surface area contributed by atoms with E-state index in [0.717, 1.165) is 29.7 Å². The van der Waals surface area contributed by atoms with E-state index in [1.54, 1.807) is 0 Å². The number of ether oxygens (including phenoxy) is 1. The summed E-state index contributed by atoms with van der Waals surface area (Å²) in [4.78, 5) is 23.5. The number of rotatable bonds is 5.